The number of rotatable bonds is 8. The van der Waals surface area contributed by atoms with Crippen molar-refractivity contribution >= 4 is 15.6 Å². The minimum absolute atomic E-state index is 0. The van der Waals surface area contributed by atoms with Gasteiger partial charge in [0.2, 0.25) is 0 Å². The molecule has 2 saturated carbocycles. The van der Waals surface area contributed by atoms with E-state index in [4.69, 9.17) is 18.1 Å². The summed E-state index contributed by atoms with van der Waals surface area (Å²) in [6.07, 6.45) is 16.7. The molecular formula is C55H76CuO8P2. The van der Waals surface area contributed by atoms with Crippen molar-refractivity contribution in [3.63, 3.8) is 0 Å². The Morgan fingerprint density at radius 2 is 0.955 bits per heavy atom. The molecule has 2 unspecified atom stereocenters. The predicted molar refractivity (Wildman–Crippen MR) is 265 cm³/mol. The van der Waals surface area contributed by atoms with Crippen LogP contribution in [0, 0.1) is 27.7 Å². The molecule has 0 bridgehead atoms. The van der Waals surface area contributed by atoms with E-state index >= 15 is 0 Å². The zero-order valence-electron chi connectivity index (χ0n) is 41.5. The first kappa shape index (κ1) is 52.4. The third kappa shape index (κ3) is 11.5. The fourth-order valence-corrected chi connectivity index (χ4v) is 13.5. The molecular weight excluding hydrogens is 914 g/mol. The molecule has 4 aromatic rings. The zero-order chi connectivity index (χ0) is 47.1. The SMILES string of the molecule is CCCC(C)c1cc(C)cc2c1OP(=O)(O)Oc1c(cc(C)cc1C(C)(C)CCC)C2.Cc1cc2c(c(C3(C)CCCCC3)c1)OP(=O)(O)Oc1c(cc(C)cc1C1(C)CCCCC1)C2.[Cu]. The topological polar surface area (TPSA) is 112 Å². The Balaban J connectivity index is 0.000000216. The van der Waals surface area contributed by atoms with E-state index in [0.717, 1.165) is 107 Å². The van der Waals surface area contributed by atoms with Crippen molar-refractivity contribution in [3.8, 4) is 23.0 Å². The van der Waals surface area contributed by atoms with Crippen molar-refractivity contribution in [1.29, 1.82) is 0 Å². The van der Waals surface area contributed by atoms with Crippen molar-refractivity contribution in [1.82, 2.24) is 0 Å². The van der Waals surface area contributed by atoms with Gasteiger partial charge in [0.15, 0.2) is 0 Å². The molecule has 4 aliphatic rings. The van der Waals surface area contributed by atoms with Crippen LogP contribution in [0.15, 0.2) is 48.5 Å². The van der Waals surface area contributed by atoms with Gasteiger partial charge in [0.25, 0.3) is 0 Å². The van der Waals surface area contributed by atoms with Gasteiger partial charge in [0, 0.05) is 46.6 Å². The fraction of sp³-hybridized carbons (Fsp3) is 0.564. The van der Waals surface area contributed by atoms with E-state index in [1.807, 2.05) is 0 Å². The minimum Gasteiger partial charge on any atom is -0.395 e. The summed E-state index contributed by atoms with van der Waals surface area (Å²) in [7, 11) is -8.72. The van der Waals surface area contributed by atoms with Crippen LogP contribution in [0.2, 0.25) is 0 Å². The Morgan fingerprint density at radius 3 is 1.39 bits per heavy atom. The molecule has 1 radical (unpaired) electrons. The molecule has 2 atom stereocenters. The normalized spacial score (nSPS) is 20.9. The summed E-state index contributed by atoms with van der Waals surface area (Å²) in [5.74, 6) is 2.38. The second-order valence-electron chi connectivity index (χ2n) is 21.5. The van der Waals surface area contributed by atoms with Crippen LogP contribution in [0.3, 0.4) is 0 Å². The van der Waals surface area contributed by atoms with Crippen LogP contribution in [0.4, 0.5) is 0 Å². The van der Waals surface area contributed by atoms with Crippen LogP contribution >= 0.6 is 15.6 Å². The standard InChI is InChI=1S/C29H39O4P.C26H37O4P.Cu/c1-20-15-22-19-23-16-21(2)18-25(29(4)13-9-6-10-14-29)27(23)33-34(30,31)32-26(22)24(17-20)28(3)11-7-5-8-12-28;1-8-10-19(5)22-14-17(3)12-20-16-21-13-18(4)15-23(26(6,7)11-9-2)25(21)30-31(27,28)29-24(20)22;/h15-18H,5-14,19H2,1-4H3,(H,30,31);12-15,19H,8-11,16H2,1-7H3,(H,27,28);. The summed E-state index contributed by atoms with van der Waals surface area (Å²) in [5, 5.41) is 0. The first-order chi connectivity index (χ1) is 30.6. The van der Waals surface area contributed by atoms with Gasteiger partial charge in [0.1, 0.15) is 23.0 Å². The molecule has 8 rings (SSSR count). The number of aryl methyl sites for hydroxylation is 4. The van der Waals surface area contributed by atoms with Crippen molar-refractivity contribution in [2.24, 2.45) is 0 Å². The Kier molecular flexibility index (Phi) is 16.3. The van der Waals surface area contributed by atoms with E-state index < -0.39 is 15.6 Å². The molecule has 2 fully saturated rings. The van der Waals surface area contributed by atoms with Crippen LogP contribution in [-0.2, 0) is 55.3 Å². The average molecular weight is 991 g/mol. The van der Waals surface area contributed by atoms with E-state index in [1.165, 1.54) is 49.7 Å². The van der Waals surface area contributed by atoms with Crippen molar-refractivity contribution in [2.45, 2.75) is 201 Å². The first-order valence-corrected chi connectivity index (χ1v) is 27.5. The smallest absolute Gasteiger partial charge is 0.395 e. The molecule has 4 aromatic carbocycles. The van der Waals surface area contributed by atoms with E-state index in [1.54, 1.807) is 0 Å². The summed E-state index contributed by atoms with van der Waals surface area (Å²) in [5.41, 5.74) is 12.3. The second kappa shape index (κ2) is 20.5. The molecule has 11 heteroatoms. The second-order valence-corrected chi connectivity index (χ2v) is 24.1. The number of benzene rings is 4. The fourth-order valence-electron chi connectivity index (χ4n) is 11.6. The maximum Gasteiger partial charge on any atom is 0.584 e. The molecule has 0 aromatic heterocycles. The summed E-state index contributed by atoms with van der Waals surface area (Å²) >= 11 is 0. The van der Waals surface area contributed by atoms with Gasteiger partial charge in [-0.25, -0.2) is 9.13 Å². The third-order valence-electron chi connectivity index (χ3n) is 14.9. The van der Waals surface area contributed by atoms with Gasteiger partial charge in [-0.15, -0.1) is 0 Å². The van der Waals surface area contributed by atoms with Gasteiger partial charge in [-0.1, -0.05) is 171 Å². The molecule has 0 amide bonds. The molecule has 2 heterocycles. The zero-order valence-corrected chi connectivity index (χ0v) is 44.3. The van der Waals surface area contributed by atoms with E-state index in [2.05, 4.69) is 125 Å². The van der Waals surface area contributed by atoms with Gasteiger partial charge >= 0.3 is 15.6 Å². The predicted octanol–water partition coefficient (Wildman–Crippen LogP) is 16.0. The van der Waals surface area contributed by atoms with Gasteiger partial charge in [-0.05, 0) is 116 Å². The Labute approximate surface area is 407 Å². The Bertz CT molecular complexity index is 2410. The van der Waals surface area contributed by atoms with Crippen LogP contribution in [0.25, 0.3) is 0 Å². The van der Waals surface area contributed by atoms with Crippen molar-refractivity contribution < 1.29 is 54.1 Å². The van der Waals surface area contributed by atoms with Crippen molar-refractivity contribution in [2.75, 3.05) is 0 Å². The maximum atomic E-state index is 13.5. The first-order valence-electron chi connectivity index (χ1n) is 24.6. The van der Waals surface area contributed by atoms with E-state index in [0.29, 0.717) is 35.8 Å². The maximum absolute atomic E-state index is 13.5. The number of hydrogen-bond acceptors (Lipinski definition) is 6. The van der Waals surface area contributed by atoms with E-state index in [-0.39, 0.29) is 39.2 Å². The van der Waals surface area contributed by atoms with E-state index in [9.17, 15) is 18.9 Å². The molecule has 66 heavy (non-hydrogen) atoms. The van der Waals surface area contributed by atoms with Gasteiger partial charge in [0.05, 0.1) is 0 Å². The monoisotopic (exact) mass is 989 g/mol. The summed E-state index contributed by atoms with van der Waals surface area (Å²) in [6.45, 7) is 23.7. The van der Waals surface area contributed by atoms with Crippen molar-refractivity contribution in [3.05, 3.63) is 115 Å². The molecule has 365 valence electrons. The molecule has 2 aliphatic heterocycles. The largest absolute Gasteiger partial charge is 0.584 e. The number of phosphoric acid groups is 2. The summed E-state index contributed by atoms with van der Waals surface area (Å²) < 4.78 is 50.2. The number of phosphoric ester groups is 2. The minimum atomic E-state index is -4.37. The molecule has 0 saturated heterocycles. The van der Waals surface area contributed by atoms with Gasteiger partial charge < -0.3 is 18.1 Å². The third-order valence-corrected chi connectivity index (χ3v) is 16.6. The number of hydrogen-bond donors (Lipinski definition) is 2. The molecule has 2 N–H and O–H groups in total. The average Bonchev–Trinajstić information content (AvgIpc) is 3.21. The van der Waals surface area contributed by atoms with Crippen LogP contribution in [-0.4, -0.2) is 9.79 Å². The number of fused-ring (bicyclic) bond motifs is 4. The Morgan fingerprint density at radius 1 is 0.576 bits per heavy atom. The van der Waals surface area contributed by atoms with Gasteiger partial charge in [-0.2, -0.15) is 0 Å². The van der Waals surface area contributed by atoms with Crippen LogP contribution < -0.4 is 18.1 Å². The van der Waals surface area contributed by atoms with Gasteiger partial charge in [-0.3, -0.25) is 9.79 Å². The van der Waals surface area contributed by atoms with Crippen LogP contribution in [0.1, 0.15) is 211 Å². The molecule has 0 spiro atoms. The Hall–Kier alpha value is -3.02. The molecule has 2 aliphatic carbocycles. The van der Waals surface area contributed by atoms with Crippen LogP contribution in [0.5, 0.6) is 23.0 Å². The summed E-state index contributed by atoms with van der Waals surface area (Å²) in [6, 6.07) is 16.9. The molecule has 8 nitrogen and oxygen atoms in total. The quantitative estimate of drug-likeness (QED) is 0.133. The summed E-state index contributed by atoms with van der Waals surface area (Å²) in [4.78, 5) is 21.8.